The molecule has 0 saturated carbocycles. The van der Waals surface area contributed by atoms with E-state index in [2.05, 4.69) is 6.92 Å². The average molecular weight is 409 g/mol. The van der Waals surface area contributed by atoms with Gasteiger partial charge in [0.25, 0.3) is 11.8 Å². The van der Waals surface area contributed by atoms with Gasteiger partial charge in [0.05, 0.1) is 23.4 Å². The van der Waals surface area contributed by atoms with Gasteiger partial charge in [0.2, 0.25) is 0 Å². The van der Waals surface area contributed by atoms with E-state index in [0.29, 0.717) is 35.6 Å². The summed E-state index contributed by atoms with van der Waals surface area (Å²) in [5.74, 6) is -0.590. The van der Waals surface area contributed by atoms with Crippen LogP contribution in [0.1, 0.15) is 66.7 Å². The quantitative estimate of drug-likeness (QED) is 0.321. The Bertz CT molecular complexity index is 871. The van der Waals surface area contributed by atoms with Crippen LogP contribution >= 0.6 is 0 Å². The number of anilines is 1. The number of benzene rings is 2. The summed E-state index contributed by atoms with van der Waals surface area (Å²) in [4.78, 5) is 38.6. The first-order chi connectivity index (χ1) is 14.6. The molecule has 1 aliphatic rings. The number of hydrogen-bond acceptors (Lipinski definition) is 5. The van der Waals surface area contributed by atoms with E-state index in [-0.39, 0.29) is 17.8 Å². The van der Waals surface area contributed by atoms with Crippen molar-refractivity contribution in [2.24, 2.45) is 0 Å². The Morgan fingerprint density at radius 1 is 0.900 bits per heavy atom. The molecule has 0 spiro atoms. The molecule has 0 saturated heterocycles. The predicted octanol–water partition coefficient (Wildman–Crippen LogP) is 4.77. The molecule has 158 valence electrons. The molecule has 30 heavy (non-hydrogen) atoms. The van der Waals surface area contributed by atoms with Crippen molar-refractivity contribution in [3.63, 3.8) is 0 Å². The Morgan fingerprint density at radius 3 is 2.10 bits per heavy atom. The smallest absolute Gasteiger partial charge is 0.347 e. The maximum atomic E-state index is 12.6. The lowest BCUT2D eigenvalue weighted by Gasteiger charge is -2.18. The number of imide groups is 1. The zero-order valence-electron chi connectivity index (χ0n) is 17.4. The highest BCUT2D eigenvalue weighted by Crippen LogP contribution is 2.29. The average Bonchev–Trinajstić information content (AvgIpc) is 3.02. The molecule has 3 rings (SSSR count). The van der Waals surface area contributed by atoms with Gasteiger partial charge in [-0.2, -0.15) is 0 Å². The molecule has 2 aromatic rings. The van der Waals surface area contributed by atoms with E-state index >= 15 is 0 Å². The summed E-state index contributed by atoms with van der Waals surface area (Å²) in [5.41, 5.74) is 1.26. The summed E-state index contributed by atoms with van der Waals surface area (Å²) in [7, 11) is 0. The van der Waals surface area contributed by atoms with Crippen LogP contribution < -0.4 is 9.64 Å². The van der Waals surface area contributed by atoms with Crippen LogP contribution in [-0.2, 0) is 9.53 Å². The Hall–Kier alpha value is -3.15. The van der Waals surface area contributed by atoms with Crippen molar-refractivity contribution in [3.8, 4) is 5.75 Å². The molecule has 6 nitrogen and oxygen atoms in total. The van der Waals surface area contributed by atoms with Gasteiger partial charge < -0.3 is 9.47 Å². The monoisotopic (exact) mass is 409 g/mol. The topological polar surface area (TPSA) is 72.9 Å². The fourth-order valence-electron chi connectivity index (χ4n) is 3.35. The number of hydrogen-bond donors (Lipinski definition) is 0. The second-order valence-electron chi connectivity index (χ2n) is 7.23. The lowest BCUT2D eigenvalue weighted by atomic mass is 10.1. The van der Waals surface area contributed by atoms with E-state index in [1.54, 1.807) is 48.5 Å². The first-order valence-corrected chi connectivity index (χ1v) is 10.5. The fourth-order valence-corrected chi connectivity index (χ4v) is 3.35. The van der Waals surface area contributed by atoms with Crippen molar-refractivity contribution in [2.75, 3.05) is 11.5 Å². The van der Waals surface area contributed by atoms with E-state index in [1.165, 1.54) is 0 Å². The largest absolute Gasteiger partial charge is 0.479 e. The molecule has 1 atom stereocenters. The Balaban J connectivity index is 1.61. The van der Waals surface area contributed by atoms with Crippen molar-refractivity contribution >= 4 is 23.5 Å². The molecule has 6 heteroatoms. The summed E-state index contributed by atoms with van der Waals surface area (Å²) in [5, 5.41) is 0. The summed E-state index contributed by atoms with van der Waals surface area (Å²) < 4.78 is 11.1. The van der Waals surface area contributed by atoms with Crippen LogP contribution in [0.25, 0.3) is 0 Å². The molecule has 2 aromatic carbocycles. The minimum Gasteiger partial charge on any atom is -0.479 e. The van der Waals surface area contributed by atoms with Gasteiger partial charge in [-0.3, -0.25) is 9.59 Å². The highest BCUT2D eigenvalue weighted by molar-refractivity contribution is 6.34. The third kappa shape index (κ3) is 4.70. The second-order valence-corrected chi connectivity index (χ2v) is 7.23. The standard InChI is InChI=1S/C24H27NO5/c1-3-5-6-9-16-29-24(28)21(4-2)30-18-14-12-17(13-15-18)25-22(26)19-10-7-8-11-20(19)23(25)27/h7-8,10-15,21H,3-6,9,16H2,1-2H3/t21-/m1/s1. The maximum Gasteiger partial charge on any atom is 0.347 e. The van der Waals surface area contributed by atoms with Crippen LogP contribution in [0.3, 0.4) is 0 Å². The van der Waals surface area contributed by atoms with E-state index in [1.807, 2.05) is 6.92 Å². The van der Waals surface area contributed by atoms with Crippen molar-refractivity contribution in [3.05, 3.63) is 59.7 Å². The number of nitrogens with zero attached hydrogens (tertiary/aromatic N) is 1. The number of carbonyl (C=O) groups excluding carboxylic acids is 3. The number of fused-ring (bicyclic) bond motifs is 1. The van der Waals surface area contributed by atoms with Gasteiger partial charge in [-0.1, -0.05) is 45.2 Å². The zero-order chi connectivity index (χ0) is 21.5. The third-order valence-corrected chi connectivity index (χ3v) is 5.04. The van der Waals surface area contributed by atoms with Crippen molar-refractivity contribution in [1.29, 1.82) is 0 Å². The normalized spacial score (nSPS) is 13.9. The van der Waals surface area contributed by atoms with Gasteiger partial charge in [0.1, 0.15) is 5.75 Å². The number of esters is 1. The molecular weight excluding hydrogens is 382 g/mol. The van der Waals surface area contributed by atoms with Gasteiger partial charge in [0.15, 0.2) is 6.10 Å². The van der Waals surface area contributed by atoms with Gasteiger partial charge in [-0.15, -0.1) is 0 Å². The first kappa shape index (κ1) is 21.6. The molecular formula is C24H27NO5. The molecule has 1 aliphatic heterocycles. The number of unbranched alkanes of at least 4 members (excludes halogenated alkanes) is 3. The fraction of sp³-hybridized carbons (Fsp3) is 0.375. The predicted molar refractivity (Wildman–Crippen MR) is 114 cm³/mol. The van der Waals surface area contributed by atoms with Gasteiger partial charge >= 0.3 is 5.97 Å². The summed E-state index contributed by atoms with van der Waals surface area (Å²) >= 11 is 0. The highest BCUT2D eigenvalue weighted by Gasteiger charge is 2.36. The molecule has 0 fully saturated rings. The summed E-state index contributed by atoms with van der Waals surface area (Å²) in [6, 6.07) is 13.3. The third-order valence-electron chi connectivity index (χ3n) is 5.04. The van der Waals surface area contributed by atoms with Crippen molar-refractivity contribution < 1.29 is 23.9 Å². The zero-order valence-corrected chi connectivity index (χ0v) is 17.4. The van der Waals surface area contributed by atoms with E-state index in [9.17, 15) is 14.4 Å². The number of carbonyl (C=O) groups is 3. The Labute approximate surface area is 176 Å². The Morgan fingerprint density at radius 2 is 1.53 bits per heavy atom. The molecule has 0 unspecified atom stereocenters. The van der Waals surface area contributed by atoms with Gasteiger partial charge in [-0.05, 0) is 49.2 Å². The van der Waals surface area contributed by atoms with Crippen molar-refractivity contribution in [1.82, 2.24) is 0 Å². The molecule has 0 N–H and O–H groups in total. The molecule has 0 aliphatic carbocycles. The molecule has 0 aromatic heterocycles. The lowest BCUT2D eigenvalue weighted by Crippen LogP contribution is -2.30. The number of ether oxygens (including phenoxy) is 2. The Kier molecular flexibility index (Phi) is 7.22. The summed E-state index contributed by atoms with van der Waals surface area (Å²) in [6.45, 7) is 4.39. The summed E-state index contributed by atoms with van der Waals surface area (Å²) in [6.07, 6.45) is 3.94. The van der Waals surface area contributed by atoms with E-state index in [0.717, 1.165) is 30.6 Å². The van der Waals surface area contributed by atoms with E-state index in [4.69, 9.17) is 9.47 Å². The van der Waals surface area contributed by atoms with Crippen LogP contribution in [0, 0.1) is 0 Å². The molecule has 2 amide bonds. The molecule has 0 radical (unpaired) electrons. The number of rotatable bonds is 10. The van der Waals surface area contributed by atoms with Gasteiger partial charge in [0, 0.05) is 0 Å². The maximum absolute atomic E-state index is 12.6. The molecule has 1 heterocycles. The van der Waals surface area contributed by atoms with Crippen molar-refractivity contribution in [2.45, 2.75) is 52.1 Å². The lowest BCUT2D eigenvalue weighted by molar-refractivity contribution is -0.152. The van der Waals surface area contributed by atoms with Gasteiger partial charge in [-0.25, -0.2) is 9.69 Å². The van der Waals surface area contributed by atoms with Crippen LogP contribution in [0.4, 0.5) is 5.69 Å². The van der Waals surface area contributed by atoms with Crippen LogP contribution in [0.2, 0.25) is 0 Å². The minimum atomic E-state index is -0.693. The SMILES string of the molecule is CCCCCCOC(=O)[C@@H](CC)Oc1ccc(N2C(=O)c3ccccc3C2=O)cc1. The minimum absolute atomic E-state index is 0.345. The first-order valence-electron chi connectivity index (χ1n) is 10.5. The van der Waals surface area contributed by atoms with Crippen LogP contribution in [0.15, 0.2) is 48.5 Å². The number of amides is 2. The molecule has 0 bridgehead atoms. The highest BCUT2D eigenvalue weighted by atomic mass is 16.6. The van der Waals surface area contributed by atoms with E-state index < -0.39 is 6.10 Å². The second kappa shape index (κ2) is 10.1. The van der Waals surface area contributed by atoms with Crippen LogP contribution in [0.5, 0.6) is 5.75 Å². The van der Waals surface area contributed by atoms with Crippen LogP contribution in [-0.4, -0.2) is 30.5 Å².